The largest absolute Gasteiger partial charge is 0.373 e. The smallest absolute Gasteiger partial charge is 0.246 e. The van der Waals surface area contributed by atoms with E-state index in [0.29, 0.717) is 24.6 Å². The third kappa shape index (κ3) is 13.4. The number of halogens is 4. The lowest BCUT2D eigenvalue weighted by atomic mass is 10.1. The maximum absolute atomic E-state index is 11.6. The minimum Gasteiger partial charge on any atom is -0.246 e. The van der Waals surface area contributed by atoms with Gasteiger partial charge in [-0.05, 0) is 25.7 Å². The Bertz CT molecular complexity index is 310. The highest BCUT2D eigenvalue weighted by atomic mass is 35.5. The van der Waals surface area contributed by atoms with E-state index in [2.05, 4.69) is 9.78 Å². The number of carbonyl (C=O) groups excluding carboxylic acids is 2. The molecule has 0 spiro atoms. The van der Waals surface area contributed by atoms with Gasteiger partial charge >= 0.3 is 11.9 Å². The molecule has 142 valence electrons. The Kier molecular flexibility index (Phi) is 16.6. The molecular formula is C16H26Cl4O4. The lowest BCUT2D eigenvalue weighted by Gasteiger charge is -2.10. The molecule has 24 heavy (non-hydrogen) atoms. The van der Waals surface area contributed by atoms with Crippen molar-refractivity contribution in [1.82, 2.24) is 0 Å². The van der Waals surface area contributed by atoms with Crippen LogP contribution < -0.4 is 0 Å². The highest BCUT2D eigenvalue weighted by molar-refractivity contribution is 6.30. The Balaban J connectivity index is 3.76. The van der Waals surface area contributed by atoms with Crippen molar-refractivity contribution < 1.29 is 19.4 Å². The Hall–Kier alpha value is 0.1000. The van der Waals surface area contributed by atoms with Crippen molar-refractivity contribution in [1.29, 1.82) is 0 Å². The van der Waals surface area contributed by atoms with Gasteiger partial charge in [-0.1, -0.05) is 38.5 Å². The number of alkyl halides is 4. The molecule has 2 atom stereocenters. The summed E-state index contributed by atoms with van der Waals surface area (Å²) in [5, 5.41) is -1.67. The molecule has 0 aromatic rings. The van der Waals surface area contributed by atoms with E-state index in [4.69, 9.17) is 46.4 Å². The Morgan fingerprint density at radius 3 is 1.29 bits per heavy atom. The summed E-state index contributed by atoms with van der Waals surface area (Å²) in [6, 6.07) is 0. The summed E-state index contributed by atoms with van der Waals surface area (Å²) in [5.41, 5.74) is 0. The van der Waals surface area contributed by atoms with Crippen LogP contribution in [0.25, 0.3) is 0 Å². The van der Waals surface area contributed by atoms with Crippen LogP contribution in [-0.4, -0.2) is 34.5 Å². The first kappa shape index (κ1) is 24.1. The van der Waals surface area contributed by atoms with Crippen LogP contribution in [0.4, 0.5) is 0 Å². The SMILES string of the molecule is O=C(OOC(=O)C(Cl)CCCCCCCl)C(Cl)CCCCCCCl. The van der Waals surface area contributed by atoms with E-state index >= 15 is 0 Å². The highest BCUT2D eigenvalue weighted by Gasteiger charge is 2.23. The number of carbonyl (C=O) groups is 2. The average molecular weight is 424 g/mol. The van der Waals surface area contributed by atoms with Gasteiger partial charge in [0.05, 0.1) is 0 Å². The third-order valence-electron chi connectivity index (χ3n) is 3.40. The zero-order valence-electron chi connectivity index (χ0n) is 13.8. The molecule has 0 heterocycles. The van der Waals surface area contributed by atoms with E-state index in [0.717, 1.165) is 51.4 Å². The van der Waals surface area contributed by atoms with Crippen LogP contribution in [0.15, 0.2) is 0 Å². The first-order valence-electron chi connectivity index (χ1n) is 8.35. The van der Waals surface area contributed by atoms with Crippen molar-refractivity contribution in [2.24, 2.45) is 0 Å². The highest BCUT2D eigenvalue weighted by Crippen LogP contribution is 2.15. The van der Waals surface area contributed by atoms with Crippen LogP contribution in [0, 0.1) is 0 Å². The van der Waals surface area contributed by atoms with E-state index < -0.39 is 22.7 Å². The van der Waals surface area contributed by atoms with Gasteiger partial charge in [-0.2, -0.15) is 0 Å². The van der Waals surface area contributed by atoms with Crippen LogP contribution in [0.1, 0.15) is 64.2 Å². The van der Waals surface area contributed by atoms with Crippen LogP contribution in [0.5, 0.6) is 0 Å². The standard InChI is InChI=1S/C16H26Cl4O4/c17-11-7-3-1-5-9-13(19)15(21)23-24-16(22)14(20)10-6-2-4-8-12-18/h13-14H,1-12H2. The summed E-state index contributed by atoms with van der Waals surface area (Å²) in [4.78, 5) is 32.2. The summed E-state index contributed by atoms with van der Waals surface area (Å²) in [5.74, 6) is -0.273. The predicted octanol–water partition coefficient (Wildman–Crippen LogP) is 5.58. The van der Waals surface area contributed by atoms with Gasteiger partial charge in [-0.3, -0.25) is 0 Å². The zero-order chi connectivity index (χ0) is 18.2. The molecule has 4 nitrogen and oxygen atoms in total. The number of hydrogen-bond acceptors (Lipinski definition) is 4. The van der Waals surface area contributed by atoms with E-state index in [9.17, 15) is 9.59 Å². The van der Waals surface area contributed by atoms with E-state index in [1.807, 2.05) is 0 Å². The molecule has 0 amide bonds. The topological polar surface area (TPSA) is 52.6 Å². The molecule has 0 saturated heterocycles. The minimum absolute atomic E-state index is 0.463. The van der Waals surface area contributed by atoms with Crippen LogP contribution in [-0.2, 0) is 19.4 Å². The van der Waals surface area contributed by atoms with E-state index in [-0.39, 0.29) is 0 Å². The van der Waals surface area contributed by atoms with E-state index in [1.54, 1.807) is 0 Å². The summed E-state index contributed by atoms with van der Waals surface area (Å²) < 4.78 is 0. The van der Waals surface area contributed by atoms with Crippen molar-refractivity contribution in [3.63, 3.8) is 0 Å². The second-order valence-electron chi connectivity index (χ2n) is 5.52. The molecule has 0 aromatic heterocycles. The summed E-state index contributed by atoms with van der Waals surface area (Å²) in [7, 11) is 0. The summed E-state index contributed by atoms with van der Waals surface area (Å²) >= 11 is 23.0. The van der Waals surface area contributed by atoms with Crippen molar-refractivity contribution >= 4 is 58.3 Å². The molecule has 0 aliphatic carbocycles. The molecule has 0 aliphatic rings. The van der Waals surface area contributed by atoms with Gasteiger partial charge in [0.2, 0.25) is 0 Å². The number of hydrogen-bond donors (Lipinski definition) is 0. The lowest BCUT2D eigenvalue weighted by molar-refractivity contribution is -0.258. The normalized spacial score (nSPS) is 13.3. The fourth-order valence-corrected chi connectivity index (χ4v) is 2.72. The summed E-state index contributed by atoms with van der Waals surface area (Å²) in [6.07, 6.45) is 8.26. The fraction of sp³-hybridized carbons (Fsp3) is 0.875. The maximum Gasteiger partial charge on any atom is 0.373 e. The van der Waals surface area contributed by atoms with Crippen molar-refractivity contribution in [3.05, 3.63) is 0 Å². The van der Waals surface area contributed by atoms with Gasteiger partial charge in [0.25, 0.3) is 0 Å². The Morgan fingerprint density at radius 1 is 0.625 bits per heavy atom. The second-order valence-corrected chi connectivity index (χ2v) is 7.33. The lowest BCUT2D eigenvalue weighted by Crippen LogP contribution is -2.24. The second kappa shape index (κ2) is 16.6. The molecule has 2 unspecified atom stereocenters. The molecular weight excluding hydrogens is 398 g/mol. The predicted molar refractivity (Wildman–Crippen MR) is 99.1 cm³/mol. The van der Waals surface area contributed by atoms with Gasteiger partial charge in [0, 0.05) is 11.8 Å². The van der Waals surface area contributed by atoms with Gasteiger partial charge in [0.1, 0.15) is 10.8 Å². The fourth-order valence-electron chi connectivity index (χ4n) is 1.97. The zero-order valence-corrected chi connectivity index (χ0v) is 16.8. The Labute approximate surface area is 164 Å². The van der Waals surface area contributed by atoms with Crippen molar-refractivity contribution in [3.8, 4) is 0 Å². The molecule has 0 fully saturated rings. The number of rotatable bonds is 14. The molecule has 0 rings (SSSR count). The van der Waals surface area contributed by atoms with Gasteiger partial charge < -0.3 is 0 Å². The molecule has 0 radical (unpaired) electrons. The van der Waals surface area contributed by atoms with Crippen LogP contribution in [0.2, 0.25) is 0 Å². The van der Waals surface area contributed by atoms with Gasteiger partial charge in [-0.15, -0.1) is 46.4 Å². The van der Waals surface area contributed by atoms with Crippen LogP contribution >= 0.6 is 46.4 Å². The van der Waals surface area contributed by atoms with Gasteiger partial charge in [0.15, 0.2) is 0 Å². The van der Waals surface area contributed by atoms with Gasteiger partial charge in [-0.25, -0.2) is 19.4 Å². The first-order chi connectivity index (χ1) is 11.5. The summed E-state index contributed by atoms with van der Waals surface area (Å²) in [6.45, 7) is 0. The monoisotopic (exact) mass is 422 g/mol. The van der Waals surface area contributed by atoms with Crippen molar-refractivity contribution in [2.45, 2.75) is 75.0 Å². The Morgan fingerprint density at radius 2 is 0.958 bits per heavy atom. The molecule has 8 heteroatoms. The molecule has 0 aliphatic heterocycles. The molecule has 0 aromatic carbocycles. The van der Waals surface area contributed by atoms with E-state index in [1.165, 1.54) is 0 Å². The van der Waals surface area contributed by atoms with Crippen molar-refractivity contribution in [2.75, 3.05) is 11.8 Å². The third-order valence-corrected chi connectivity index (χ3v) is 4.73. The quantitative estimate of drug-likeness (QED) is 0.158. The molecule has 0 N–H and O–H groups in total. The first-order valence-corrected chi connectivity index (χ1v) is 10.3. The molecule has 0 saturated carbocycles. The maximum atomic E-state index is 11.6. The average Bonchev–Trinajstić information content (AvgIpc) is 2.58. The minimum atomic E-state index is -0.835. The molecule has 0 bridgehead atoms. The van der Waals surface area contributed by atoms with Crippen LogP contribution in [0.3, 0.4) is 0 Å². The number of unbranched alkanes of at least 4 members (excludes halogenated alkanes) is 6.